The van der Waals surface area contributed by atoms with Crippen LogP contribution >= 0.6 is 22.7 Å². The van der Waals surface area contributed by atoms with Crippen LogP contribution in [0.5, 0.6) is 0 Å². The summed E-state index contributed by atoms with van der Waals surface area (Å²) < 4.78 is 5.34. The molecule has 4 heterocycles. The van der Waals surface area contributed by atoms with Crippen LogP contribution in [0.1, 0.15) is 29.2 Å². The lowest BCUT2D eigenvalue weighted by Crippen LogP contribution is -2.34. The Kier molecular flexibility index (Phi) is 4.62. The molecule has 0 spiro atoms. The molecule has 0 radical (unpaired) electrons. The van der Waals surface area contributed by atoms with E-state index in [-0.39, 0.29) is 0 Å². The lowest BCUT2D eigenvalue weighted by Gasteiger charge is -2.35. The van der Waals surface area contributed by atoms with Gasteiger partial charge in [-0.3, -0.25) is 0 Å². The number of nitrogens with zero attached hydrogens (tertiary/aromatic N) is 3. The highest BCUT2D eigenvalue weighted by atomic mass is 32.1. The second kappa shape index (κ2) is 7.28. The summed E-state index contributed by atoms with van der Waals surface area (Å²) in [5.74, 6) is 1.77. The minimum Gasteiger partial charge on any atom is -0.377 e. The number of rotatable bonds is 4. The number of hydrogen-bond donors (Lipinski definition) is 0. The zero-order valence-corrected chi connectivity index (χ0v) is 17.5. The third-order valence-electron chi connectivity index (χ3n) is 5.37. The Hall–Kier alpha value is -2.28. The van der Waals surface area contributed by atoms with Gasteiger partial charge in [0.1, 0.15) is 17.3 Å². The number of ether oxygens (including phenoxy) is 1. The van der Waals surface area contributed by atoms with E-state index >= 15 is 0 Å². The van der Waals surface area contributed by atoms with E-state index in [9.17, 15) is 0 Å². The van der Waals surface area contributed by atoms with Crippen molar-refractivity contribution in [1.29, 1.82) is 0 Å². The van der Waals surface area contributed by atoms with Crippen LogP contribution in [0.25, 0.3) is 21.3 Å². The van der Waals surface area contributed by atoms with Crippen LogP contribution in [0.3, 0.4) is 0 Å². The van der Waals surface area contributed by atoms with Crippen molar-refractivity contribution in [1.82, 2.24) is 9.97 Å². The van der Waals surface area contributed by atoms with Gasteiger partial charge in [-0.05, 0) is 35.9 Å². The molecule has 1 atom stereocenters. The van der Waals surface area contributed by atoms with Gasteiger partial charge in [-0.2, -0.15) is 0 Å². The number of thiophene rings is 2. The summed E-state index contributed by atoms with van der Waals surface area (Å²) in [5.41, 5.74) is 3.84. The molecule has 1 aliphatic heterocycles. The Morgan fingerprint density at radius 2 is 2.00 bits per heavy atom. The molecule has 4 nitrogen and oxygen atoms in total. The van der Waals surface area contributed by atoms with Crippen LogP contribution in [0, 0.1) is 0 Å². The van der Waals surface area contributed by atoms with E-state index in [1.54, 1.807) is 18.4 Å². The monoisotopic (exact) mass is 407 g/mol. The quantitative estimate of drug-likeness (QED) is 0.436. The Morgan fingerprint density at radius 1 is 1.14 bits per heavy atom. The molecule has 5 rings (SSSR count). The number of hydrogen-bond acceptors (Lipinski definition) is 6. The highest BCUT2D eigenvalue weighted by Crippen LogP contribution is 2.42. The van der Waals surface area contributed by atoms with E-state index < -0.39 is 0 Å². The average Bonchev–Trinajstić information content (AvgIpc) is 3.36. The van der Waals surface area contributed by atoms with Crippen molar-refractivity contribution in [2.45, 2.75) is 26.0 Å². The van der Waals surface area contributed by atoms with Crippen LogP contribution in [-0.2, 0) is 17.8 Å². The lowest BCUT2D eigenvalue weighted by molar-refractivity contribution is 0.178. The summed E-state index contributed by atoms with van der Waals surface area (Å²) in [5, 5.41) is 5.57. The standard InChI is InChI=1S/C22H21N3OS2/c1-14-16-9-11-27-18(16)8-10-25(14)21-20-17(15-6-4-3-5-7-15)13-28-22(20)24-19(23-21)12-26-2/h3-7,9,11,13-14H,8,10,12H2,1-2H3. The summed E-state index contributed by atoms with van der Waals surface area (Å²) >= 11 is 3.55. The SMILES string of the molecule is COCc1nc(N2CCc3sccc3C2C)c2c(-c3ccccc3)csc2n1. The smallest absolute Gasteiger partial charge is 0.158 e. The highest BCUT2D eigenvalue weighted by molar-refractivity contribution is 7.17. The number of anilines is 1. The average molecular weight is 408 g/mol. The maximum Gasteiger partial charge on any atom is 0.158 e. The van der Waals surface area contributed by atoms with Crippen molar-refractivity contribution >= 4 is 38.7 Å². The van der Waals surface area contributed by atoms with E-state index in [1.807, 2.05) is 11.3 Å². The van der Waals surface area contributed by atoms with Gasteiger partial charge < -0.3 is 9.64 Å². The Labute approximate surface area is 172 Å². The maximum atomic E-state index is 5.34. The predicted molar refractivity (Wildman–Crippen MR) is 117 cm³/mol. The van der Waals surface area contributed by atoms with E-state index in [0.717, 1.165) is 34.8 Å². The molecule has 0 saturated carbocycles. The first-order valence-electron chi connectivity index (χ1n) is 9.41. The zero-order valence-electron chi connectivity index (χ0n) is 15.9. The Bertz CT molecular complexity index is 1120. The zero-order chi connectivity index (χ0) is 19.1. The van der Waals surface area contributed by atoms with Gasteiger partial charge in [0.2, 0.25) is 0 Å². The maximum absolute atomic E-state index is 5.34. The van der Waals surface area contributed by atoms with E-state index in [0.29, 0.717) is 12.6 Å². The van der Waals surface area contributed by atoms with E-state index in [4.69, 9.17) is 14.7 Å². The molecule has 1 unspecified atom stereocenters. The van der Waals surface area contributed by atoms with Crippen LogP contribution in [0.4, 0.5) is 5.82 Å². The van der Waals surface area contributed by atoms with Crippen LogP contribution in [-0.4, -0.2) is 23.6 Å². The summed E-state index contributed by atoms with van der Waals surface area (Å²) in [7, 11) is 1.69. The molecule has 6 heteroatoms. The molecule has 0 bridgehead atoms. The van der Waals surface area contributed by atoms with Crippen molar-refractivity contribution in [3.63, 3.8) is 0 Å². The van der Waals surface area contributed by atoms with E-state index in [2.05, 4.69) is 59.0 Å². The van der Waals surface area contributed by atoms with Crippen molar-refractivity contribution in [2.75, 3.05) is 18.6 Å². The van der Waals surface area contributed by atoms with Crippen molar-refractivity contribution in [2.24, 2.45) is 0 Å². The number of benzene rings is 1. The van der Waals surface area contributed by atoms with Gasteiger partial charge in [-0.15, -0.1) is 22.7 Å². The molecule has 3 aromatic heterocycles. The van der Waals surface area contributed by atoms with Gasteiger partial charge in [0.15, 0.2) is 5.82 Å². The summed E-state index contributed by atoms with van der Waals surface area (Å²) in [6.45, 7) is 3.67. The second-order valence-electron chi connectivity index (χ2n) is 7.01. The van der Waals surface area contributed by atoms with Gasteiger partial charge in [-0.1, -0.05) is 30.3 Å². The molecule has 0 amide bonds. The first kappa shape index (κ1) is 17.8. The van der Waals surface area contributed by atoms with Crippen molar-refractivity contribution in [3.8, 4) is 11.1 Å². The molecule has 4 aromatic rings. The molecule has 1 aliphatic rings. The van der Waals surface area contributed by atoms with Crippen LogP contribution in [0.15, 0.2) is 47.2 Å². The van der Waals surface area contributed by atoms with Crippen molar-refractivity contribution < 1.29 is 4.74 Å². The van der Waals surface area contributed by atoms with Gasteiger partial charge in [0, 0.05) is 29.5 Å². The highest BCUT2D eigenvalue weighted by Gasteiger charge is 2.29. The van der Waals surface area contributed by atoms with E-state index in [1.165, 1.54) is 21.6 Å². The minimum atomic E-state index is 0.298. The molecule has 28 heavy (non-hydrogen) atoms. The van der Waals surface area contributed by atoms with Gasteiger partial charge in [0.05, 0.1) is 11.4 Å². The fourth-order valence-electron chi connectivity index (χ4n) is 4.00. The third-order valence-corrected chi connectivity index (χ3v) is 7.24. The summed E-state index contributed by atoms with van der Waals surface area (Å²) in [6, 6.07) is 13.1. The Balaban J connectivity index is 1.71. The van der Waals surface area contributed by atoms with Gasteiger partial charge in [0.25, 0.3) is 0 Å². The molecule has 0 fully saturated rings. The topological polar surface area (TPSA) is 38.2 Å². The van der Waals surface area contributed by atoms with Gasteiger partial charge in [-0.25, -0.2) is 9.97 Å². The fourth-order valence-corrected chi connectivity index (χ4v) is 5.92. The second-order valence-corrected chi connectivity index (χ2v) is 8.87. The first-order chi connectivity index (χ1) is 13.8. The largest absolute Gasteiger partial charge is 0.377 e. The predicted octanol–water partition coefficient (Wildman–Crippen LogP) is 5.69. The Morgan fingerprint density at radius 3 is 2.82 bits per heavy atom. The minimum absolute atomic E-state index is 0.298. The molecular formula is C22H21N3OS2. The van der Waals surface area contributed by atoms with Crippen LogP contribution < -0.4 is 4.90 Å². The molecule has 0 saturated heterocycles. The fraction of sp³-hybridized carbons (Fsp3) is 0.273. The third kappa shape index (κ3) is 2.92. The molecule has 0 aliphatic carbocycles. The number of fused-ring (bicyclic) bond motifs is 2. The number of methoxy groups -OCH3 is 1. The lowest BCUT2D eigenvalue weighted by atomic mass is 10.00. The van der Waals surface area contributed by atoms with Gasteiger partial charge >= 0.3 is 0 Å². The van der Waals surface area contributed by atoms with Crippen LogP contribution in [0.2, 0.25) is 0 Å². The summed E-state index contributed by atoms with van der Waals surface area (Å²) in [4.78, 5) is 14.7. The van der Waals surface area contributed by atoms with Crippen molar-refractivity contribution in [3.05, 3.63) is 63.4 Å². The molecule has 0 N–H and O–H groups in total. The normalized spacial score (nSPS) is 16.5. The number of aromatic nitrogens is 2. The molecule has 1 aromatic carbocycles. The molecule has 142 valence electrons. The summed E-state index contributed by atoms with van der Waals surface area (Å²) in [6.07, 6.45) is 1.06. The first-order valence-corrected chi connectivity index (χ1v) is 11.2. The molecular weight excluding hydrogens is 386 g/mol.